The molecule has 0 saturated carbocycles. The Morgan fingerprint density at radius 1 is 1.17 bits per heavy atom. The number of nitriles is 1. The quantitative estimate of drug-likeness (QED) is 0.518. The Labute approximate surface area is 216 Å². The molecule has 0 radical (unpaired) electrons. The lowest BCUT2D eigenvalue weighted by atomic mass is 10.0. The highest BCUT2D eigenvalue weighted by atomic mass is 35.5. The van der Waals surface area contributed by atoms with Crippen LogP contribution in [0.5, 0.6) is 5.75 Å². The van der Waals surface area contributed by atoms with Gasteiger partial charge in [0.2, 0.25) is 0 Å². The minimum atomic E-state index is -0.169. The van der Waals surface area contributed by atoms with E-state index in [1.54, 1.807) is 0 Å². The van der Waals surface area contributed by atoms with Crippen molar-refractivity contribution in [3.63, 3.8) is 0 Å². The highest BCUT2D eigenvalue weighted by molar-refractivity contribution is 5.94. The average molecular weight is 515 g/mol. The van der Waals surface area contributed by atoms with E-state index in [1.807, 2.05) is 36.5 Å². The van der Waals surface area contributed by atoms with E-state index in [9.17, 15) is 10.1 Å². The van der Waals surface area contributed by atoms with E-state index < -0.39 is 0 Å². The second-order valence-electron chi connectivity index (χ2n) is 8.55. The number of fused-ring (bicyclic) bond motifs is 2. The number of aromatic nitrogens is 2. The number of halogens is 2. The smallest absolute Gasteiger partial charge is 0.263 e. The van der Waals surface area contributed by atoms with Crippen LogP contribution in [0.3, 0.4) is 0 Å². The van der Waals surface area contributed by atoms with E-state index >= 15 is 0 Å². The van der Waals surface area contributed by atoms with Crippen LogP contribution >= 0.6 is 24.8 Å². The molecule has 2 aromatic heterocycles. The molecule has 2 aliphatic heterocycles. The molecule has 0 aliphatic carbocycles. The Bertz CT molecular complexity index is 1220. The molecule has 4 heterocycles. The normalized spacial score (nSPS) is 15.7. The van der Waals surface area contributed by atoms with Crippen LogP contribution in [0.1, 0.15) is 29.7 Å². The first-order chi connectivity index (χ1) is 16.2. The van der Waals surface area contributed by atoms with Crippen molar-refractivity contribution in [2.75, 3.05) is 31.6 Å². The third-order valence-corrected chi connectivity index (χ3v) is 6.35. The molecule has 0 atom stereocenters. The van der Waals surface area contributed by atoms with Crippen molar-refractivity contribution in [3.05, 3.63) is 59.4 Å². The number of hydrogen-bond acceptors (Lipinski definition) is 7. The lowest BCUT2D eigenvalue weighted by molar-refractivity contribution is -0.118. The predicted octanol–water partition coefficient (Wildman–Crippen LogP) is 3.47. The SMILES string of the molecule is Cl.Cl.N#Cc1ccc2nccc(CCN3CCC(NCc4ccc5c(n4)NC(=O)CO5)CC3)c2c1. The number of nitrogens with one attached hydrogen (secondary N) is 2. The van der Waals surface area contributed by atoms with Crippen molar-refractivity contribution in [2.45, 2.75) is 31.8 Å². The number of nitrogens with zero attached hydrogens (tertiary/aromatic N) is 4. The van der Waals surface area contributed by atoms with E-state index in [-0.39, 0.29) is 37.3 Å². The van der Waals surface area contributed by atoms with Gasteiger partial charge in [-0.15, -0.1) is 24.8 Å². The molecular formula is C25H28Cl2N6O2. The van der Waals surface area contributed by atoms with Gasteiger partial charge in [-0.25, -0.2) is 4.98 Å². The minimum Gasteiger partial charge on any atom is -0.480 e. The Morgan fingerprint density at radius 3 is 2.80 bits per heavy atom. The van der Waals surface area contributed by atoms with Crippen LogP contribution < -0.4 is 15.4 Å². The van der Waals surface area contributed by atoms with Gasteiger partial charge in [-0.1, -0.05) is 0 Å². The fraction of sp³-hybridized carbons (Fsp3) is 0.360. The lowest BCUT2D eigenvalue weighted by Gasteiger charge is -2.32. The molecule has 0 unspecified atom stereocenters. The molecule has 1 aromatic carbocycles. The molecule has 1 fully saturated rings. The molecule has 35 heavy (non-hydrogen) atoms. The van der Waals surface area contributed by atoms with Crippen LogP contribution in [0.4, 0.5) is 5.82 Å². The molecule has 3 aromatic rings. The maximum absolute atomic E-state index is 11.5. The van der Waals surface area contributed by atoms with Crippen LogP contribution in [0.25, 0.3) is 10.9 Å². The largest absolute Gasteiger partial charge is 0.480 e. The number of pyridine rings is 2. The van der Waals surface area contributed by atoms with Crippen molar-refractivity contribution in [2.24, 2.45) is 0 Å². The third kappa shape index (κ3) is 6.38. The summed E-state index contributed by atoms with van der Waals surface area (Å²) < 4.78 is 5.37. The highest BCUT2D eigenvalue weighted by Crippen LogP contribution is 2.25. The maximum Gasteiger partial charge on any atom is 0.263 e. The summed E-state index contributed by atoms with van der Waals surface area (Å²) in [5, 5.41) is 16.7. The van der Waals surface area contributed by atoms with Crippen LogP contribution in [-0.2, 0) is 17.8 Å². The number of likely N-dealkylation sites (tertiary alicyclic amines) is 1. The number of carbonyl (C=O) groups is 1. The van der Waals surface area contributed by atoms with Gasteiger partial charge in [-0.05, 0) is 74.3 Å². The van der Waals surface area contributed by atoms with Crippen LogP contribution in [-0.4, -0.2) is 53.1 Å². The number of ether oxygens (including phenoxy) is 1. The number of benzene rings is 1. The molecule has 1 saturated heterocycles. The van der Waals surface area contributed by atoms with Crippen LogP contribution in [0, 0.1) is 11.3 Å². The van der Waals surface area contributed by atoms with Gasteiger partial charge in [-0.3, -0.25) is 9.78 Å². The zero-order valence-electron chi connectivity index (χ0n) is 19.2. The number of piperidine rings is 1. The predicted molar refractivity (Wildman–Crippen MR) is 139 cm³/mol. The summed E-state index contributed by atoms with van der Waals surface area (Å²) in [6.07, 6.45) is 4.96. The number of carbonyl (C=O) groups excluding carboxylic acids is 1. The molecule has 10 heteroatoms. The van der Waals surface area contributed by atoms with E-state index in [0.29, 0.717) is 29.7 Å². The van der Waals surface area contributed by atoms with Gasteiger partial charge in [0, 0.05) is 30.7 Å². The monoisotopic (exact) mass is 514 g/mol. The van der Waals surface area contributed by atoms with E-state index in [2.05, 4.69) is 37.6 Å². The second kappa shape index (κ2) is 12.1. The summed E-state index contributed by atoms with van der Waals surface area (Å²) in [6, 6.07) is 14.2. The summed E-state index contributed by atoms with van der Waals surface area (Å²) in [5.41, 5.74) is 3.75. The summed E-state index contributed by atoms with van der Waals surface area (Å²) >= 11 is 0. The first-order valence-corrected chi connectivity index (χ1v) is 11.3. The Hall–Kier alpha value is -2.96. The topological polar surface area (TPSA) is 103 Å². The van der Waals surface area contributed by atoms with Gasteiger partial charge in [0.05, 0.1) is 22.8 Å². The zero-order valence-corrected chi connectivity index (χ0v) is 20.8. The fourth-order valence-corrected chi connectivity index (χ4v) is 4.48. The first-order valence-electron chi connectivity index (χ1n) is 11.3. The van der Waals surface area contributed by atoms with Crippen molar-refractivity contribution in [3.8, 4) is 11.8 Å². The number of hydrogen-bond donors (Lipinski definition) is 2. The number of anilines is 1. The maximum atomic E-state index is 11.5. The van der Waals surface area contributed by atoms with E-state index in [0.717, 1.165) is 55.5 Å². The Kier molecular flexibility index (Phi) is 9.24. The van der Waals surface area contributed by atoms with Crippen LogP contribution in [0.2, 0.25) is 0 Å². The fourth-order valence-electron chi connectivity index (χ4n) is 4.48. The summed E-state index contributed by atoms with van der Waals surface area (Å²) in [6.45, 7) is 3.80. The highest BCUT2D eigenvalue weighted by Gasteiger charge is 2.20. The molecular weight excluding hydrogens is 487 g/mol. The number of amides is 1. The van der Waals surface area contributed by atoms with Gasteiger partial charge in [0.1, 0.15) is 0 Å². The molecule has 8 nitrogen and oxygen atoms in total. The van der Waals surface area contributed by atoms with Crippen molar-refractivity contribution in [1.82, 2.24) is 20.2 Å². The lowest BCUT2D eigenvalue weighted by Crippen LogP contribution is -2.43. The summed E-state index contributed by atoms with van der Waals surface area (Å²) in [4.78, 5) is 22.9. The van der Waals surface area contributed by atoms with Gasteiger partial charge >= 0.3 is 0 Å². The van der Waals surface area contributed by atoms with Gasteiger partial charge in [-0.2, -0.15) is 5.26 Å². The van der Waals surface area contributed by atoms with Gasteiger partial charge in [0.25, 0.3) is 5.91 Å². The van der Waals surface area contributed by atoms with Crippen molar-refractivity contribution < 1.29 is 9.53 Å². The Morgan fingerprint density at radius 2 is 2.00 bits per heavy atom. The van der Waals surface area contributed by atoms with Gasteiger partial charge in [0.15, 0.2) is 18.2 Å². The van der Waals surface area contributed by atoms with E-state index in [1.165, 1.54) is 5.56 Å². The number of rotatable bonds is 6. The minimum absolute atomic E-state index is 0. The standard InChI is InChI=1S/C25H26N6O2.2ClH/c26-14-17-1-3-22-21(13-17)18(5-9-27-22)6-10-31-11-7-19(8-12-31)28-15-20-2-4-23-25(29-20)30-24(32)16-33-23;;/h1-5,9,13,19,28H,6-8,10-12,15-16H2,(H,29,30,32);2*1H. The summed E-state index contributed by atoms with van der Waals surface area (Å²) in [7, 11) is 0. The molecule has 2 aliphatic rings. The van der Waals surface area contributed by atoms with Crippen LogP contribution in [0.15, 0.2) is 42.6 Å². The molecule has 5 rings (SSSR count). The van der Waals surface area contributed by atoms with Gasteiger partial charge < -0.3 is 20.3 Å². The first kappa shape index (κ1) is 26.6. The molecule has 1 amide bonds. The Balaban J connectivity index is 0.00000171. The second-order valence-corrected chi connectivity index (χ2v) is 8.55. The molecule has 0 bridgehead atoms. The molecule has 0 spiro atoms. The van der Waals surface area contributed by atoms with Crippen molar-refractivity contribution >= 4 is 47.4 Å². The molecule has 2 N–H and O–H groups in total. The third-order valence-electron chi connectivity index (χ3n) is 6.35. The summed E-state index contributed by atoms with van der Waals surface area (Å²) in [5.74, 6) is 0.959. The van der Waals surface area contributed by atoms with Crippen molar-refractivity contribution in [1.29, 1.82) is 5.26 Å². The average Bonchev–Trinajstić information content (AvgIpc) is 2.86. The zero-order chi connectivity index (χ0) is 22.6. The van der Waals surface area contributed by atoms with E-state index in [4.69, 9.17) is 4.74 Å². The molecule has 184 valence electrons.